The number of nitrogens with zero attached hydrogens (tertiary/aromatic N) is 3. The third kappa shape index (κ3) is 2.46. The van der Waals surface area contributed by atoms with E-state index in [1.807, 2.05) is 43.3 Å². The van der Waals surface area contributed by atoms with E-state index in [-0.39, 0.29) is 12.1 Å². The molecule has 0 spiro atoms. The van der Waals surface area contributed by atoms with Crippen molar-refractivity contribution in [1.82, 2.24) is 20.7 Å². The summed E-state index contributed by atoms with van der Waals surface area (Å²) >= 11 is 0. The van der Waals surface area contributed by atoms with Crippen LogP contribution in [0.1, 0.15) is 34.7 Å². The van der Waals surface area contributed by atoms with Crippen molar-refractivity contribution in [2.24, 2.45) is 0 Å². The lowest BCUT2D eigenvalue weighted by molar-refractivity contribution is 0.0927. The van der Waals surface area contributed by atoms with Crippen molar-refractivity contribution in [2.45, 2.75) is 19.5 Å². The molecule has 136 valence electrons. The van der Waals surface area contributed by atoms with Crippen LogP contribution in [0.2, 0.25) is 0 Å². The van der Waals surface area contributed by atoms with Crippen LogP contribution in [0.25, 0.3) is 11.3 Å². The highest BCUT2D eigenvalue weighted by molar-refractivity contribution is 6.03. The Hall–Kier alpha value is -3.35. The van der Waals surface area contributed by atoms with E-state index < -0.39 is 0 Å². The molecule has 0 saturated heterocycles. The van der Waals surface area contributed by atoms with Gasteiger partial charge in [-0.1, -0.05) is 12.1 Å². The molecule has 1 amide bonds. The Labute approximate surface area is 156 Å². The maximum Gasteiger partial charge on any atom is 0.255 e. The highest BCUT2D eigenvalue weighted by atomic mass is 16.5. The first-order valence-electron chi connectivity index (χ1n) is 9.09. The Bertz CT molecular complexity index is 1010. The van der Waals surface area contributed by atoms with Gasteiger partial charge in [-0.25, -0.2) is 0 Å². The number of para-hydroxylation sites is 1. The van der Waals surface area contributed by atoms with E-state index >= 15 is 0 Å². The van der Waals surface area contributed by atoms with Crippen LogP contribution in [0.15, 0.2) is 42.5 Å². The summed E-state index contributed by atoms with van der Waals surface area (Å²) in [6.45, 7) is 3.42. The number of aromatic nitrogens is 3. The first-order chi connectivity index (χ1) is 13.3. The number of anilines is 1. The number of ether oxygens (including phenoxy) is 1. The van der Waals surface area contributed by atoms with Crippen LogP contribution in [0.3, 0.4) is 0 Å². The number of rotatable bonds is 4. The second-order valence-corrected chi connectivity index (χ2v) is 6.65. The topological polar surface area (TPSA) is 83.1 Å². The van der Waals surface area contributed by atoms with E-state index in [4.69, 9.17) is 4.74 Å². The van der Waals surface area contributed by atoms with Gasteiger partial charge in [0, 0.05) is 12.1 Å². The zero-order valence-electron chi connectivity index (χ0n) is 14.9. The standard InChI is InChI=1S/C20H19N5O2/c1-2-27-14-8-6-12(7-9-14)16-17(23-24-22-16)19-21-20(26)15-5-3-4-13-10-11-25(19)18(13)15/h3-9,19H,2,10-11H2,1H3,(H,21,26)(H,22,23,24). The summed E-state index contributed by atoms with van der Waals surface area (Å²) in [5.74, 6) is 0.742. The van der Waals surface area contributed by atoms with Gasteiger partial charge in [0.1, 0.15) is 23.3 Å². The predicted molar refractivity (Wildman–Crippen MR) is 101 cm³/mol. The number of carbonyl (C=O) groups excluding carboxylic acids is 1. The van der Waals surface area contributed by atoms with Crippen LogP contribution in [0.5, 0.6) is 5.75 Å². The van der Waals surface area contributed by atoms with Gasteiger partial charge in [-0.05, 0) is 49.2 Å². The normalized spacial score (nSPS) is 17.6. The fraction of sp³-hybridized carbons (Fsp3) is 0.250. The summed E-state index contributed by atoms with van der Waals surface area (Å²) in [6, 6.07) is 13.7. The molecule has 27 heavy (non-hydrogen) atoms. The minimum absolute atomic E-state index is 0.0735. The summed E-state index contributed by atoms with van der Waals surface area (Å²) in [7, 11) is 0. The molecule has 3 aromatic rings. The van der Waals surface area contributed by atoms with Gasteiger partial charge in [0.05, 0.1) is 17.9 Å². The first kappa shape index (κ1) is 15.9. The smallest absolute Gasteiger partial charge is 0.255 e. The largest absolute Gasteiger partial charge is 0.494 e. The van der Waals surface area contributed by atoms with Gasteiger partial charge in [0.15, 0.2) is 0 Å². The van der Waals surface area contributed by atoms with Crippen LogP contribution in [-0.4, -0.2) is 34.5 Å². The minimum atomic E-state index is -0.339. The molecule has 2 aromatic carbocycles. The number of nitrogens with one attached hydrogen (secondary N) is 2. The molecule has 7 nitrogen and oxygen atoms in total. The minimum Gasteiger partial charge on any atom is -0.494 e. The molecule has 7 heteroatoms. The molecule has 1 unspecified atom stereocenters. The van der Waals surface area contributed by atoms with Crippen molar-refractivity contribution in [2.75, 3.05) is 18.1 Å². The molecule has 2 aliphatic heterocycles. The van der Waals surface area contributed by atoms with E-state index in [0.717, 1.165) is 46.9 Å². The van der Waals surface area contributed by atoms with Crippen molar-refractivity contribution in [1.29, 1.82) is 0 Å². The third-order valence-electron chi connectivity index (χ3n) is 5.13. The van der Waals surface area contributed by atoms with E-state index in [1.54, 1.807) is 0 Å². The number of amides is 1. The molecular weight excluding hydrogens is 342 g/mol. The van der Waals surface area contributed by atoms with Crippen molar-refractivity contribution >= 4 is 11.6 Å². The summed E-state index contributed by atoms with van der Waals surface area (Å²) in [5.41, 5.74) is 5.33. The number of benzene rings is 2. The predicted octanol–water partition coefficient (Wildman–Crippen LogP) is 2.68. The maximum atomic E-state index is 12.7. The van der Waals surface area contributed by atoms with Crippen LogP contribution in [0.4, 0.5) is 5.69 Å². The Kier molecular flexibility index (Phi) is 3.60. The molecule has 3 heterocycles. The Morgan fingerprint density at radius 3 is 2.85 bits per heavy atom. The average Bonchev–Trinajstić information content (AvgIpc) is 3.34. The van der Waals surface area contributed by atoms with Gasteiger partial charge in [0.25, 0.3) is 5.91 Å². The van der Waals surface area contributed by atoms with E-state index in [1.165, 1.54) is 5.56 Å². The monoisotopic (exact) mass is 361 g/mol. The second kappa shape index (κ2) is 6.12. The Morgan fingerprint density at radius 1 is 1.19 bits per heavy atom. The van der Waals surface area contributed by atoms with Gasteiger partial charge < -0.3 is 15.0 Å². The van der Waals surface area contributed by atoms with Crippen molar-refractivity contribution < 1.29 is 9.53 Å². The summed E-state index contributed by atoms with van der Waals surface area (Å²) in [6.07, 6.45) is 0.583. The molecule has 1 aromatic heterocycles. The van der Waals surface area contributed by atoms with Gasteiger partial charge in [-0.2, -0.15) is 15.4 Å². The molecule has 2 N–H and O–H groups in total. The number of carbonyl (C=O) groups is 1. The number of H-pyrrole nitrogens is 1. The van der Waals surface area contributed by atoms with Crippen molar-refractivity contribution in [3.63, 3.8) is 0 Å². The molecule has 0 radical (unpaired) electrons. The molecule has 0 fully saturated rings. The highest BCUT2D eigenvalue weighted by Crippen LogP contribution is 2.41. The van der Waals surface area contributed by atoms with E-state index in [9.17, 15) is 4.79 Å². The molecule has 5 rings (SSSR count). The summed E-state index contributed by atoms with van der Waals surface area (Å²) < 4.78 is 5.51. The zero-order chi connectivity index (χ0) is 18.4. The van der Waals surface area contributed by atoms with E-state index in [0.29, 0.717) is 6.61 Å². The second-order valence-electron chi connectivity index (χ2n) is 6.65. The average molecular weight is 361 g/mol. The number of aromatic amines is 1. The molecule has 0 saturated carbocycles. The Balaban J connectivity index is 1.54. The maximum absolute atomic E-state index is 12.7. The van der Waals surface area contributed by atoms with E-state index in [2.05, 4.69) is 31.7 Å². The molecule has 0 bridgehead atoms. The lowest BCUT2D eigenvalue weighted by Gasteiger charge is -2.35. The number of hydrogen-bond acceptors (Lipinski definition) is 5. The summed E-state index contributed by atoms with van der Waals surface area (Å²) in [4.78, 5) is 14.9. The lowest BCUT2D eigenvalue weighted by Crippen LogP contribution is -2.45. The summed E-state index contributed by atoms with van der Waals surface area (Å²) in [5, 5.41) is 14.5. The van der Waals surface area contributed by atoms with Gasteiger partial charge in [0.2, 0.25) is 0 Å². The quantitative estimate of drug-likeness (QED) is 0.746. The van der Waals surface area contributed by atoms with Crippen molar-refractivity contribution in [3.8, 4) is 17.0 Å². The Morgan fingerprint density at radius 2 is 2.04 bits per heavy atom. The van der Waals surface area contributed by atoms with Crippen molar-refractivity contribution in [3.05, 3.63) is 59.3 Å². The third-order valence-corrected chi connectivity index (χ3v) is 5.13. The van der Waals surface area contributed by atoms with Gasteiger partial charge in [-0.15, -0.1) is 0 Å². The van der Waals surface area contributed by atoms with Gasteiger partial charge >= 0.3 is 0 Å². The number of hydrogen-bond donors (Lipinski definition) is 2. The van der Waals surface area contributed by atoms with Crippen LogP contribution in [-0.2, 0) is 6.42 Å². The van der Waals surface area contributed by atoms with Crippen LogP contribution >= 0.6 is 0 Å². The molecule has 1 atom stereocenters. The molecule has 0 aliphatic carbocycles. The fourth-order valence-corrected chi connectivity index (χ4v) is 3.94. The first-order valence-corrected chi connectivity index (χ1v) is 9.09. The SMILES string of the molecule is CCOc1ccc(-c2n[nH]nc2C2NC(=O)c3cccc4c3N2CC4)cc1. The lowest BCUT2D eigenvalue weighted by atomic mass is 10.0. The van der Waals surface area contributed by atoms with Crippen LogP contribution in [0, 0.1) is 0 Å². The van der Waals surface area contributed by atoms with Crippen LogP contribution < -0.4 is 15.0 Å². The van der Waals surface area contributed by atoms with Gasteiger partial charge in [-0.3, -0.25) is 4.79 Å². The molecular formula is C20H19N5O2. The zero-order valence-corrected chi connectivity index (χ0v) is 14.9. The molecule has 2 aliphatic rings. The highest BCUT2D eigenvalue weighted by Gasteiger charge is 2.38. The fourth-order valence-electron chi connectivity index (χ4n) is 3.94.